The standard InChI is InChI=1S/C20H20N2O2S/c1-11-7-13(8-12(2)16(11)23)18-21-19(24-22-18)17-15-3-4-20(5-6-20)9-14(15)10-25-17/h7-8,10,23H,3-6,9H2,1-2H3. The Bertz CT molecular complexity index is 958. The molecule has 1 aromatic carbocycles. The SMILES string of the molecule is Cc1cc(-c2noc(-c3scc4c3CCC3(CC3)C4)n2)cc(C)c1O. The highest BCUT2D eigenvalue weighted by Crippen LogP contribution is 2.56. The molecular weight excluding hydrogens is 332 g/mol. The lowest BCUT2D eigenvalue weighted by Gasteiger charge is -2.21. The van der Waals surface area contributed by atoms with Gasteiger partial charge in [-0.1, -0.05) is 5.16 Å². The first-order valence-electron chi connectivity index (χ1n) is 8.79. The highest BCUT2D eigenvalue weighted by Gasteiger charge is 2.45. The van der Waals surface area contributed by atoms with Gasteiger partial charge in [-0.05, 0) is 91.1 Å². The average molecular weight is 352 g/mol. The third kappa shape index (κ3) is 2.41. The smallest absolute Gasteiger partial charge is 0.268 e. The van der Waals surface area contributed by atoms with Crippen molar-refractivity contribution in [2.45, 2.75) is 46.0 Å². The lowest BCUT2D eigenvalue weighted by atomic mass is 9.83. The lowest BCUT2D eigenvalue weighted by molar-refractivity contribution is 0.427. The lowest BCUT2D eigenvalue weighted by Crippen LogP contribution is -2.13. The monoisotopic (exact) mass is 352 g/mol. The van der Waals surface area contributed by atoms with Crippen molar-refractivity contribution in [1.82, 2.24) is 10.1 Å². The molecule has 25 heavy (non-hydrogen) atoms. The maximum Gasteiger partial charge on any atom is 0.268 e. The molecule has 128 valence electrons. The topological polar surface area (TPSA) is 59.2 Å². The van der Waals surface area contributed by atoms with Crippen LogP contribution < -0.4 is 0 Å². The number of aryl methyl sites for hydroxylation is 2. The molecule has 0 saturated heterocycles. The zero-order chi connectivity index (χ0) is 17.2. The zero-order valence-electron chi connectivity index (χ0n) is 14.4. The summed E-state index contributed by atoms with van der Waals surface area (Å²) in [5.74, 6) is 1.53. The predicted octanol–water partition coefficient (Wildman–Crippen LogP) is 5.06. The summed E-state index contributed by atoms with van der Waals surface area (Å²) < 4.78 is 5.59. The van der Waals surface area contributed by atoms with E-state index in [1.807, 2.05) is 26.0 Å². The van der Waals surface area contributed by atoms with E-state index in [4.69, 9.17) is 4.52 Å². The third-order valence-corrected chi connectivity index (χ3v) is 6.84. The van der Waals surface area contributed by atoms with Crippen LogP contribution in [0, 0.1) is 19.3 Å². The van der Waals surface area contributed by atoms with E-state index in [9.17, 15) is 5.11 Å². The number of phenolic OH excluding ortho intramolecular Hbond substituents is 1. The molecule has 0 atom stereocenters. The van der Waals surface area contributed by atoms with Gasteiger partial charge >= 0.3 is 0 Å². The van der Waals surface area contributed by atoms with E-state index in [-0.39, 0.29) is 0 Å². The van der Waals surface area contributed by atoms with Crippen LogP contribution in [0.4, 0.5) is 0 Å². The first-order chi connectivity index (χ1) is 12.0. The number of rotatable bonds is 2. The van der Waals surface area contributed by atoms with Crippen molar-refractivity contribution < 1.29 is 9.63 Å². The van der Waals surface area contributed by atoms with E-state index in [0.29, 0.717) is 22.9 Å². The van der Waals surface area contributed by atoms with E-state index in [0.717, 1.165) is 28.0 Å². The van der Waals surface area contributed by atoms with E-state index < -0.39 is 0 Å². The van der Waals surface area contributed by atoms with Gasteiger partial charge in [0.2, 0.25) is 5.82 Å². The Morgan fingerprint density at radius 1 is 1.16 bits per heavy atom. The van der Waals surface area contributed by atoms with E-state index in [2.05, 4.69) is 15.5 Å². The van der Waals surface area contributed by atoms with Crippen molar-refractivity contribution in [3.8, 4) is 27.9 Å². The van der Waals surface area contributed by atoms with Crippen LogP contribution in [0.5, 0.6) is 5.75 Å². The van der Waals surface area contributed by atoms with Crippen molar-refractivity contribution in [2.24, 2.45) is 5.41 Å². The molecule has 1 spiro atoms. The highest BCUT2D eigenvalue weighted by atomic mass is 32.1. The zero-order valence-corrected chi connectivity index (χ0v) is 15.2. The fourth-order valence-electron chi connectivity index (χ4n) is 4.02. The van der Waals surface area contributed by atoms with Gasteiger partial charge in [0.05, 0.1) is 4.88 Å². The van der Waals surface area contributed by atoms with Gasteiger partial charge in [-0.15, -0.1) is 11.3 Å². The number of aromatic hydroxyl groups is 1. The number of fused-ring (bicyclic) bond motifs is 1. The summed E-state index contributed by atoms with van der Waals surface area (Å²) >= 11 is 1.73. The van der Waals surface area contributed by atoms with Crippen molar-refractivity contribution in [1.29, 1.82) is 0 Å². The first-order valence-corrected chi connectivity index (χ1v) is 9.67. The van der Waals surface area contributed by atoms with Gasteiger partial charge < -0.3 is 9.63 Å². The Morgan fingerprint density at radius 3 is 2.64 bits per heavy atom. The molecule has 0 amide bonds. The molecule has 2 aliphatic rings. The van der Waals surface area contributed by atoms with Gasteiger partial charge in [0.15, 0.2) is 0 Å². The number of hydrogen-bond donors (Lipinski definition) is 1. The minimum absolute atomic E-state index is 0.328. The molecule has 1 fully saturated rings. The summed E-state index contributed by atoms with van der Waals surface area (Å²) in [5.41, 5.74) is 6.04. The fraction of sp³-hybridized carbons (Fsp3) is 0.400. The van der Waals surface area contributed by atoms with Crippen LogP contribution in [0.25, 0.3) is 22.2 Å². The molecule has 1 saturated carbocycles. The Hall–Kier alpha value is -2.14. The summed E-state index contributed by atoms with van der Waals surface area (Å²) in [7, 11) is 0. The molecule has 2 heterocycles. The Balaban J connectivity index is 1.51. The van der Waals surface area contributed by atoms with Crippen molar-refractivity contribution in [3.05, 3.63) is 39.8 Å². The fourth-order valence-corrected chi connectivity index (χ4v) is 5.07. The van der Waals surface area contributed by atoms with Crippen LogP contribution in [-0.4, -0.2) is 15.2 Å². The van der Waals surface area contributed by atoms with Gasteiger partial charge in [0, 0.05) is 5.56 Å². The van der Waals surface area contributed by atoms with Crippen molar-refractivity contribution in [2.75, 3.05) is 0 Å². The quantitative estimate of drug-likeness (QED) is 0.700. The normalized spacial score (nSPS) is 17.7. The average Bonchev–Trinajstić information content (AvgIpc) is 3.00. The van der Waals surface area contributed by atoms with Crippen LogP contribution in [0.15, 0.2) is 22.0 Å². The Morgan fingerprint density at radius 2 is 1.92 bits per heavy atom. The van der Waals surface area contributed by atoms with Gasteiger partial charge in [-0.3, -0.25) is 0 Å². The van der Waals surface area contributed by atoms with Crippen LogP contribution in [-0.2, 0) is 12.8 Å². The van der Waals surface area contributed by atoms with Crippen LogP contribution in [0.3, 0.4) is 0 Å². The molecule has 4 nitrogen and oxygen atoms in total. The van der Waals surface area contributed by atoms with E-state index >= 15 is 0 Å². The second kappa shape index (κ2) is 5.18. The molecule has 0 unspecified atom stereocenters. The summed E-state index contributed by atoms with van der Waals surface area (Å²) in [6.07, 6.45) is 6.42. The summed E-state index contributed by atoms with van der Waals surface area (Å²) in [6.45, 7) is 3.77. The number of thiophene rings is 1. The summed E-state index contributed by atoms with van der Waals surface area (Å²) in [5, 5.41) is 16.4. The van der Waals surface area contributed by atoms with Gasteiger partial charge in [0.1, 0.15) is 5.75 Å². The molecule has 3 aromatic rings. The summed E-state index contributed by atoms with van der Waals surface area (Å²) in [6, 6.07) is 3.80. The molecule has 0 aliphatic heterocycles. The Kier molecular flexibility index (Phi) is 3.14. The number of hydrogen-bond acceptors (Lipinski definition) is 5. The molecular formula is C20H20N2O2S. The van der Waals surface area contributed by atoms with Crippen LogP contribution in [0.2, 0.25) is 0 Å². The van der Waals surface area contributed by atoms with E-state index in [1.54, 1.807) is 11.3 Å². The van der Waals surface area contributed by atoms with Gasteiger partial charge in [0.25, 0.3) is 5.89 Å². The molecule has 5 rings (SSSR count). The number of phenols is 1. The van der Waals surface area contributed by atoms with Gasteiger partial charge in [-0.25, -0.2) is 0 Å². The minimum atomic E-state index is 0.328. The number of nitrogens with zero attached hydrogens (tertiary/aromatic N) is 2. The number of benzene rings is 1. The molecule has 5 heteroatoms. The third-order valence-electron chi connectivity index (χ3n) is 5.78. The van der Waals surface area contributed by atoms with E-state index in [1.165, 1.54) is 36.8 Å². The highest BCUT2D eigenvalue weighted by molar-refractivity contribution is 7.13. The maximum atomic E-state index is 9.95. The van der Waals surface area contributed by atoms with Crippen LogP contribution >= 0.6 is 11.3 Å². The molecule has 1 N–H and O–H groups in total. The minimum Gasteiger partial charge on any atom is -0.507 e. The molecule has 2 aromatic heterocycles. The second-order valence-corrected chi connectivity index (χ2v) is 8.51. The summed E-state index contributed by atoms with van der Waals surface area (Å²) in [4.78, 5) is 5.78. The largest absolute Gasteiger partial charge is 0.507 e. The van der Waals surface area contributed by atoms with Crippen molar-refractivity contribution >= 4 is 11.3 Å². The molecule has 0 radical (unpaired) electrons. The first kappa shape index (κ1) is 15.1. The van der Waals surface area contributed by atoms with Crippen molar-refractivity contribution in [3.63, 3.8) is 0 Å². The van der Waals surface area contributed by atoms with Gasteiger partial charge in [-0.2, -0.15) is 4.98 Å². The Labute approximate surface area is 150 Å². The number of aromatic nitrogens is 2. The predicted molar refractivity (Wildman–Crippen MR) is 97.9 cm³/mol. The van der Waals surface area contributed by atoms with Crippen LogP contribution in [0.1, 0.15) is 41.5 Å². The maximum absolute atomic E-state index is 9.95. The molecule has 0 bridgehead atoms. The molecule has 2 aliphatic carbocycles. The second-order valence-electron chi connectivity index (χ2n) is 7.63.